The molecule has 0 unspecified atom stereocenters. The summed E-state index contributed by atoms with van der Waals surface area (Å²) in [7, 11) is 0. The molecular weight excluding hydrogens is 575 g/mol. The third kappa shape index (κ3) is 4.28. The smallest absolute Gasteiger partial charge is 0.164 e. The fourth-order valence-electron chi connectivity index (χ4n) is 5.94. The lowest BCUT2D eigenvalue weighted by Crippen LogP contribution is -1.99. The van der Waals surface area contributed by atoms with Crippen LogP contribution in [0.2, 0.25) is 0 Å². The molecule has 0 aliphatic heterocycles. The Labute approximate surface area is 261 Å². The molecular formula is C38H23N5OS. The molecule has 0 N–H and O–H groups in total. The number of rotatable bonds is 4. The summed E-state index contributed by atoms with van der Waals surface area (Å²) >= 11 is 1.73. The molecule has 0 aliphatic rings. The van der Waals surface area contributed by atoms with Crippen molar-refractivity contribution >= 4 is 53.6 Å². The van der Waals surface area contributed by atoms with E-state index in [0.717, 1.165) is 65.5 Å². The fraction of sp³-hybridized carbons (Fsp3) is 0.0263. The van der Waals surface area contributed by atoms with E-state index in [1.54, 1.807) is 11.3 Å². The van der Waals surface area contributed by atoms with Gasteiger partial charge in [0, 0.05) is 37.5 Å². The van der Waals surface area contributed by atoms with E-state index < -0.39 is 0 Å². The van der Waals surface area contributed by atoms with E-state index in [4.69, 9.17) is 19.4 Å². The van der Waals surface area contributed by atoms with E-state index in [1.165, 1.54) is 4.70 Å². The van der Waals surface area contributed by atoms with Crippen molar-refractivity contribution in [3.05, 3.63) is 127 Å². The minimum Gasteiger partial charge on any atom is -0.455 e. The molecule has 9 rings (SSSR count). The first-order chi connectivity index (χ1) is 22.2. The standard InChI is InChI=1S/C38H23N5OS/c1-22-39-36(24-13-6-3-7-14-24)43-37(40-22)25-19-20-30-29(21-25)26-16-10-17-28(34(26)44-30)38-41-32(23-11-4-2-5-12-23)35-33(42-38)27-15-8-9-18-31(27)45-35/h2-21H,1H3. The summed E-state index contributed by atoms with van der Waals surface area (Å²) in [4.78, 5) is 24.4. The van der Waals surface area contributed by atoms with E-state index in [-0.39, 0.29) is 0 Å². The predicted molar refractivity (Wildman–Crippen MR) is 182 cm³/mol. The van der Waals surface area contributed by atoms with Gasteiger partial charge in [-0.3, -0.25) is 0 Å². The molecule has 0 bridgehead atoms. The zero-order valence-electron chi connectivity index (χ0n) is 24.1. The van der Waals surface area contributed by atoms with Crippen molar-refractivity contribution in [3.63, 3.8) is 0 Å². The van der Waals surface area contributed by atoms with Gasteiger partial charge in [0.15, 0.2) is 17.5 Å². The third-order valence-electron chi connectivity index (χ3n) is 8.04. The fourth-order valence-corrected chi connectivity index (χ4v) is 7.10. The van der Waals surface area contributed by atoms with E-state index in [2.05, 4.69) is 58.5 Å². The van der Waals surface area contributed by atoms with Gasteiger partial charge in [0.05, 0.1) is 21.5 Å². The van der Waals surface area contributed by atoms with Crippen molar-refractivity contribution in [2.24, 2.45) is 0 Å². The Hall–Kier alpha value is -5.79. The van der Waals surface area contributed by atoms with Crippen LogP contribution in [0.4, 0.5) is 0 Å². The van der Waals surface area contributed by atoms with Gasteiger partial charge in [-0.25, -0.2) is 24.9 Å². The highest BCUT2D eigenvalue weighted by molar-refractivity contribution is 7.26. The van der Waals surface area contributed by atoms with Gasteiger partial charge in [-0.1, -0.05) is 91.0 Å². The van der Waals surface area contributed by atoms with Crippen LogP contribution in [-0.2, 0) is 0 Å². The lowest BCUT2D eigenvalue weighted by atomic mass is 10.1. The Balaban J connectivity index is 1.24. The SMILES string of the molecule is Cc1nc(-c2ccccc2)nc(-c2ccc3oc4c(-c5nc(-c6ccccc6)c6sc7ccccc7c6n5)cccc4c3c2)n1. The second-order valence-corrected chi connectivity index (χ2v) is 12.0. The van der Waals surface area contributed by atoms with Crippen LogP contribution in [0, 0.1) is 6.92 Å². The van der Waals surface area contributed by atoms with Gasteiger partial charge < -0.3 is 4.42 Å². The summed E-state index contributed by atoms with van der Waals surface area (Å²) < 4.78 is 8.81. The maximum atomic E-state index is 6.54. The minimum absolute atomic E-state index is 0.624. The van der Waals surface area contributed by atoms with Crippen LogP contribution in [0.25, 0.3) is 87.7 Å². The molecule has 0 saturated carbocycles. The average Bonchev–Trinajstić information content (AvgIpc) is 3.66. The van der Waals surface area contributed by atoms with Crippen molar-refractivity contribution in [2.75, 3.05) is 0 Å². The molecule has 0 atom stereocenters. The molecule has 9 aromatic rings. The Kier molecular flexibility index (Phi) is 5.79. The monoisotopic (exact) mass is 597 g/mol. The average molecular weight is 598 g/mol. The lowest BCUT2D eigenvalue weighted by Gasteiger charge is -2.07. The first kappa shape index (κ1) is 25.7. The van der Waals surface area contributed by atoms with E-state index >= 15 is 0 Å². The highest BCUT2D eigenvalue weighted by atomic mass is 32.1. The maximum absolute atomic E-state index is 6.54. The zero-order valence-corrected chi connectivity index (χ0v) is 24.9. The maximum Gasteiger partial charge on any atom is 0.164 e. The lowest BCUT2D eigenvalue weighted by molar-refractivity contribution is 0.669. The first-order valence-corrected chi connectivity index (χ1v) is 15.5. The Morgan fingerprint density at radius 2 is 1.24 bits per heavy atom. The quantitative estimate of drug-likeness (QED) is 0.201. The van der Waals surface area contributed by atoms with Gasteiger partial charge in [0.2, 0.25) is 0 Å². The number of hydrogen-bond donors (Lipinski definition) is 0. The molecule has 5 aromatic carbocycles. The molecule has 0 amide bonds. The van der Waals surface area contributed by atoms with Gasteiger partial charge in [-0.05, 0) is 37.3 Å². The zero-order chi connectivity index (χ0) is 29.9. The molecule has 212 valence electrons. The topological polar surface area (TPSA) is 77.6 Å². The van der Waals surface area contributed by atoms with Crippen LogP contribution < -0.4 is 0 Å². The molecule has 0 aliphatic carbocycles. The molecule has 0 spiro atoms. The number of nitrogens with zero attached hydrogens (tertiary/aromatic N) is 5. The van der Waals surface area contributed by atoms with Crippen molar-refractivity contribution in [1.82, 2.24) is 24.9 Å². The number of para-hydroxylation sites is 1. The summed E-state index contributed by atoms with van der Waals surface area (Å²) in [5.41, 5.74) is 7.16. The summed E-state index contributed by atoms with van der Waals surface area (Å²) in [5, 5.41) is 3.09. The molecule has 6 nitrogen and oxygen atoms in total. The van der Waals surface area contributed by atoms with Crippen molar-refractivity contribution in [3.8, 4) is 45.4 Å². The number of aryl methyl sites for hydroxylation is 1. The predicted octanol–water partition coefficient (Wildman–Crippen LogP) is 9.91. The highest BCUT2D eigenvalue weighted by Gasteiger charge is 2.20. The third-order valence-corrected chi connectivity index (χ3v) is 9.21. The van der Waals surface area contributed by atoms with Crippen molar-refractivity contribution < 1.29 is 4.42 Å². The number of fused-ring (bicyclic) bond motifs is 6. The van der Waals surface area contributed by atoms with Crippen LogP contribution in [0.5, 0.6) is 0 Å². The van der Waals surface area contributed by atoms with Gasteiger partial charge >= 0.3 is 0 Å². The molecule has 0 radical (unpaired) electrons. The van der Waals surface area contributed by atoms with Crippen LogP contribution in [0.3, 0.4) is 0 Å². The van der Waals surface area contributed by atoms with Gasteiger partial charge in [0.1, 0.15) is 17.0 Å². The molecule has 4 aromatic heterocycles. The van der Waals surface area contributed by atoms with E-state index in [9.17, 15) is 0 Å². The number of thiophene rings is 1. The normalized spacial score (nSPS) is 11.7. The Morgan fingerprint density at radius 3 is 2.07 bits per heavy atom. The Bertz CT molecular complexity index is 2560. The number of hydrogen-bond acceptors (Lipinski definition) is 7. The van der Waals surface area contributed by atoms with Gasteiger partial charge in [-0.2, -0.15) is 0 Å². The Morgan fingerprint density at radius 1 is 0.533 bits per heavy atom. The van der Waals surface area contributed by atoms with Crippen LogP contribution >= 0.6 is 11.3 Å². The minimum atomic E-state index is 0.624. The van der Waals surface area contributed by atoms with Crippen molar-refractivity contribution in [1.29, 1.82) is 0 Å². The summed E-state index contributed by atoms with van der Waals surface area (Å²) in [5.74, 6) is 2.58. The first-order valence-electron chi connectivity index (χ1n) is 14.7. The second kappa shape index (κ2) is 10.1. The van der Waals surface area contributed by atoms with Crippen LogP contribution in [0.15, 0.2) is 126 Å². The van der Waals surface area contributed by atoms with E-state index in [0.29, 0.717) is 23.3 Å². The highest BCUT2D eigenvalue weighted by Crippen LogP contribution is 2.41. The largest absolute Gasteiger partial charge is 0.455 e. The van der Waals surface area contributed by atoms with E-state index in [1.807, 2.05) is 79.7 Å². The second-order valence-electron chi connectivity index (χ2n) is 10.9. The molecule has 0 saturated heterocycles. The summed E-state index contributed by atoms with van der Waals surface area (Å²) in [6, 6.07) is 41.0. The molecule has 4 heterocycles. The molecule has 7 heteroatoms. The number of benzene rings is 5. The summed E-state index contributed by atoms with van der Waals surface area (Å²) in [6.45, 7) is 1.90. The number of furan rings is 1. The molecule has 0 fully saturated rings. The van der Waals surface area contributed by atoms with Crippen LogP contribution in [0.1, 0.15) is 5.82 Å². The number of aromatic nitrogens is 5. The summed E-state index contributed by atoms with van der Waals surface area (Å²) in [6.07, 6.45) is 0. The molecule has 45 heavy (non-hydrogen) atoms. The van der Waals surface area contributed by atoms with Gasteiger partial charge in [-0.15, -0.1) is 11.3 Å². The van der Waals surface area contributed by atoms with Gasteiger partial charge in [0.25, 0.3) is 0 Å². The van der Waals surface area contributed by atoms with Crippen molar-refractivity contribution in [2.45, 2.75) is 6.92 Å². The van der Waals surface area contributed by atoms with Crippen LogP contribution in [-0.4, -0.2) is 24.9 Å².